The van der Waals surface area contributed by atoms with Crippen LogP contribution in [0.25, 0.3) is 0 Å². The summed E-state index contributed by atoms with van der Waals surface area (Å²) >= 11 is 0. The number of phenols is 2. The molecule has 2 aromatic rings. The molecule has 1 aliphatic heterocycles. The number of piperidine rings is 1. The lowest BCUT2D eigenvalue weighted by Crippen LogP contribution is -2.48. The largest absolute Gasteiger partial charge is 0.507 e. The normalized spacial score (nSPS) is 29.6. The van der Waals surface area contributed by atoms with Gasteiger partial charge >= 0.3 is 0 Å². The van der Waals surface area contributed by atoms with E-state index >= 15 is 0 Å². The van der Waals surface area contributed by atoms with Crippen LogP contribution in [0.15, 0.2) is 29.3 Å². The fourth-order valence-corrected chi connectivity index (χ4v) is 9.54. The standard InChI is InChI=1S/C39H56N2O2/c1-25-12-29(35(42)34(13-25)39-19-26-14-27(20-39)16-28(15-26)21-39)22-40-23-32-10-8-9-11-41(32)24-30-17-31(37(2,3)4)18-33(36(30)43)38(5,6)7/h12-13,17-18,22,26-28,32,42-43H,8-11,14-16,19-21,23-24H2,1-7H3. The number of rotatable bonds is 6. The van der Waals surface area contributed by atoms with Crippen LogP contribution in [-0.4, -0.2) is 40.5 Å². The molecule has 234 valence electrons. The first-order chi connectivity index (χ1) is 20.2. The van der Waals surface area contributed by atoms with Crippen molar-refractivity contribution in [1.82, 2.24) is 4.90 Å². The molecule has 7 rings (SSSR count). The number of aliphatic imine (C=N–C) groups is 1. The fraction of sp³-hybridized carbons (Fsp3) is 0.667. The summed E-state index contributed by atoms with van der Waals surface area (Å²) in [5.41, 5.74) is 6.72. The summed E-state index contributed by atoms with van der Waals surface area (Å²) in [7, 11) is 0. The monoisotopic (exact) mass is 584 g/mol. The van der Waals surface area contributed by atoms with Gasteiger partial charge in [0.15, 0.2) is 0 Å². The number of phenolic OH excluding ortho intramolecular Hbond substituents is 2. The molecule has 0 spiro atoms. The van der Waals surface area contributed by atoms with Gasteiger partial charge in [-0.2, -0.15) is 0 Å². The van der Waals surface area contributed by atoms with Crippen molar-refractivity contribution in [3.8, 4) is 11.5 Å². The van der Waals surface area contributed by atoms with Crippen LogP contribution in [0, 0.1) is 24.7 Å². The molecule has 1 heterocycles. The number of hydrogen-bond donors (Lipinski definition) is 2. The van der Waals surface area contributed by atoms with Crippen LogP contribution >= 0.6 is 0 Å². The molecule has 2 aromatic carbocycles. The third kappa shape index (κ3) is 6.15. The van der Waals surface area contributed by atoms with E-state index in [9.17, 15) is 10.2 Å². The highest BCUT2D eigenvalue weighted by Gasteiger charge is 2.52. The van der Waals surface area contributed by atoms with Crippen LogP contribution in [0.5, 0.6) is 11.5 Å². The van der Waals surface area contributed by atoms with Gasteiger partial charge in [-0.25, -0.2) is 0 Å². The number of hydrogen-bond acceptors (Lipinski definition) is 4. The van der Waals surface area contributed by atoms with E-state index in [4.69, 9.17) is 4.99 Å². The van der Waals surface area contributed by atoms with Crippen molar-refractivity contribution in [2.24, 2.45) is 22.7 Å². The van der Waals surface area contributed by atoms with Gasteiger partial charge in [0.25, 0.3) is 0 Å². The molecule has 1 atom stereocenters. The third-order valence-electron chi connectivity index (χ3n) is 11.4. The fourth-order valence-electron chi connectivity index (χ4n) is 9.54. The Hall–Kier alpha value is -2.33. The molecule has 1 saturated heterocycles. The second-order valence-electron chi connectivity index (χ2n) is 17.1. The van der Waals surface area contributed by atoms with Gasteiger partial charge in [0, 0.05) is 35.5 Å². The smallest absolute Gasteiger partial charge is 0.128 e. The Balaban J connectivity index is 1.22. The molecule has 5 fully saturated rings. The van der Waals surface area contributed by atoms with Crippen LogP contribution < -0.4 is 0 Å². The van der Waals surface area contributed by atoms with Crippen LogP contribution in [0.3, 0.4) is 0 Å². The summed E-state index contributed by atoms with van der Waals surface area (Å²) in [5, 5.41) is 23.1. The molecule has 4 saturated carbocycles. The van der Waals surface area contributed by atoms with Gasteiger partial charge in [-0.15, -0.1) is 0 Å². The number of benzene rings is 2. The summed E-state index contributed by atoms with van der Waals surface area (Å²) in [5.74, 6) is 3.49. The minimum absolute atomic E-state index is 0.0128. The van der Waals surface area contributed by atoms with Crippen LogP contribution in [0.1, 0.15) is 133 Å². The summed E-state index contributed by atoms with van der Waals surface area (Å²) in [6.07, 6.45) is 13.5. The Labute approximate surface area is 261 Å². The van der Waals surface area contributed by atoms with Crippen molar-refractivity contribution in [3.63, 3.8) is 0 Å². The van der Waals surface area contributed by atoms with Gasteiger partial charge < -0.3 is 10.2 Å². The summed E-state index contributed by atoms with van der Waals surface area (Å²) in [4.78, 5) is 7.53. The van der Waals surface area contributed by atoms with E-state index in [0.29, 0.717) is 24.1 Å². The van der Waals surface area contributed by atoms with Crippen molar-refractivity contribution in [2.75, 3.05) is 13.1 Å². The number of nitrogens with zero attached hydrogens (tertiary/aromatic N) is 2. The number of aryl methyl sites for hydroxylation is 1. The molecule has 4 nitrogen and oxygen atoms in total. The molecular weight excluding hydrogens is 528 g/mol. The molecular formula is C39H56N2O2. The first-order valence-corrected chi connectivity index (χ1v) is 17.2. The summed E-state index contributed by atoms with van der Waals surface area (Å²) < 4.78 is 0. The van der Waals surface area contributed by atoms with Gasteiger partial charge in [-0.1, -0.05) is 66.2 Å². The maximum Gasteiger partial charge on any atom is 0.128 e. The highest BCUT2D eigenvalue weighted by Crippen LogP contribution is 2.62. The van der Waals surface area contributed by atoms with E-state index in [1.165, 1.54) is 68.1 Å². The predicted molar refractivity (Wildman–Crippen MR) is 179 cm³/mol. The average Bonchev–Trinajstić information content (AvgIpc) is 2.90. The van der Waals surface area contributed by atoms with Crippen molar-refractivity contribution < 1.29 is 10.2 Å². The van der Waals surface area contributed by atoms with E-state index in [2.05, 4.69) is 77.6 Å². The maximum atomic E-state index is 11.6. The Morgan fingerprint density at radius 1 is 0.860 bits per heavy atom. The van der Waals surface area contributed by atoms with Gasteiger partial charge in [0.1, 0.15) is 11.5 Å². The van der Waals surface area contributed by atoms with E-state index in [-0.39, 0.29) is 16.2 Å². The highest BCUT2D eigenvalue weighted by atomic mass is 16.3. The zero-order chi connectivity index (χ0) is 30.7. The third-order valence-corrected chi connectivity index (χ3v) is 11.4. The lowest BCUT2D eigenvalue weighted by Gasteiger charge is -2.57. The molecule has 0 radical (unpaired) electrons. The van der Waals surface area contributed by atoms with E-state index in [0.717, 1.165) is 54.0 Å². The summed E-state index contributed by atoms with van der Waals surface area (Å²) in [6.45, 7) is 18.0. The first kappa shape index (κ1) is 30.7. The minimum Gasteiger partial charge on any atom is -0.507 e. The molecule has 4 bridgehead atoms. The average molecular weight is 585 g/mol. The Morgan fingerprint density at radius 2 is 1.51 bits per heavy atom. The van der Waals surface area contributed by atoms with E-state index < -0.39 is 0 Å². The topological polar surface area (TPSA) is 56.1 Å². The first-order valence-electron chi connectivity index (χ1n) is 17.2. The van der Waals surface area contributed by atoms with Crippen molar-refractivity contribution in [2.45, 2.75) is 135 Å². The van der Waals surface area contributed by atoms with Crippen LogP contribution in [0.4, 0.5) is 0 Å². The van der Waals surface area contributed by atoms with E-state index in [1.807, 2.05) is 6.21 Å². The van der Waals surface area contributed by atoms with Gasteiger partial charge in [-0.05, 0) is 122 Å². The predicted octanol–water partition coefficient (Wildman–Crippen LogP) is 8.94. The molecule has 0 amide bonds. The second kappa shape index (κ2) is 11.2. The molecule has 2 N–H and O–H groups in total. The van der Waals surface area contributed by atoms with Crippen LogP contribution in [0.2, 0.25) is 0 Å². The summed E-state index contributed by atoms with van der Waals surface area (Å²) in [6, 6.07) is 9.17. The van der Waals surface area contributed by atoms with Crippen molar-refractivity contribution >= 4 is 6.21 Å². The lowest BCUT2D eigenvalue weighted by atomic mass is 9.48. The molecule has 4 heteroatoms. The SMILES string of the molecule is Cc1cc(C=NCC2CCCCN2Cc2cc(C(C)(C)C)cc(C(C)(C)C)c2O)c(O)c(C23CC4CC(CC(C4)C2)C3)c1. The van der Waals surface area contributed by atoms with Crippen molar-refractivity contribution in [3.05, 3.63) is 57.6 Å². The minimum atomic E-state index is -0.128. The van der Waals surface area contributed by atoms with Crippen molar-refractivity contribution in [1.29, 1.82) is 0 Å². The zero-order valence-electron chi connectivity index (χ0n) is 28.0. The van der Waals surface area contributed by atoms with Crippen LogP contribution in [-0.2, 0) is 22.8 Å². The second-order valence-corrected chi connectivity index (χ2v) is 17.1. The molecule has 5 aliphatic rings. The maximum absolute atomic E-state index is 11.6. The molecule has 1 unspecified atom stereocenters. The van der Waals surface area contributed by atoms with Gasteiger partial charge in [0.05, 0.1) is 6.54 Å². The quantitative estimate of drug-likeness (QED) is 0.333. The number of likely N-dealkylation sites (tertiary alicyclic amines) is 1. The number of aromatic hydroxyl groups is 2. The molecule has 43 heavy (non-hydrogen) atoms. The Kier molecular flexibility index (Phi) is 8.02. The lowest BCUT2D eigenvalue weighted by molar-refractivity contribution is -0.00616. The Bertz CT molecular complexity index is 1340. The molecule has 0 aromatic heterocycles. The van der Waals surface area contributed by atoms with Gasteiger partial charge in [0.2, 0.25) is 0 Å². The van der Waals surface area contributed by atoms with Gasteiger partial charge in [-0.3, -0.25) is 9.89 Å². The van der Waals surface area contributed by atoms with E-state index in [1.54, 1.807) is 0 Å². The zero-order valence-corrected chi connectivity index (χ0v) is 28.0. The Morgan fingerprint density at radius 3 is 2.12 bits per heavy atom. The highest BCUT2D eigenvalue weighted by molar-refractivity contribution is 5.85. The molecule has 4 aliphatic carbocycles.